The Morgan fingerprint density at radius 2 is 0.933 bits per heavy atom. The van der Waals surface area contributed by atoms with Gasteiger partial charge in [0, 0.05) is 37.1 Å². The Kier molecular flexibility index (Phi) is 11.7. The Morgan fingerprint density at radius 3 is 1.28 bits per heavy atom. The van der Waals surface area contributed by atoms with E-state index in [0.29, 0.717) is 55.3 Å². The molecule has 0 aliphatic rings. The van der Waals surface area contributed by atoms with Crippen LogP contribution in [-0.4, -0.2) is 41.7 Å². The van der Waals surface area contributed by atoms with Gasteiger partial charge in [0.05, 0.1) is 31.9 Å². The molecule has 0 aliphatic carbocycles. The second-order valence-corrected chi connectivity index (χ2v) is 14.5. The largest absolute Gasteiger partial charge is 0.437 e. The first-order valence-electron chi connectivity index (χ1n) is 17.3. The molecule has 304 valence electrons. The molecule has 4 aromatic heterocycles. The zero-order chi connectivity index (χ0) is 42.6. The first kappa shape index (κ1) is 41.1. The minimum Gasteiger partial charge on any atom is -0.437 e. The van der Waals surface area contributed by atoms with E-state index < -0.39 is 23.5 Å². The quantitative estimate of drug-likeness (QED) is 0.141. The maximum Gasteiger partial charge on any atom is 0.416 e. The Labute approximate surface area is 343 Å². The van der Waals surface area contributed by atoms with E-state index in [1.165, 1.54) is 85.6 Å². The number of para-hydroxylation sites is 2. The monoisotopic (exact) mass is 860 g/mol. The summed E-state index contributed by atoms with van der Waals surface area (Å²) in [6, 6.07) is 23.1. The molecule has 4 aromatic carbocycles. The molecule has 60 heavy (non-hydrogen) atoms. The number of alkyl halides is 6. The number of rotatable bonds is 8. The third-order valence-corrected chi connectivity index (χ3v) is 9.93. The Balaban J connectivity index is 0.000000181. The van der Waals surface area contributed by atoms with E-state index in [2.05, 4.69) is 40.5 Å². The summed E-state index contributed by atoms with van der Waals surface area (Å²) in [4.78, 5) is 47.6. The number of nitrogens with one attached hydrogen (secondary N) is 2. The lowest BCUT2D eigenvalue weighted by Crippen LogP contribution is -2.04. The van der Waals surface area contributed by atoms with Crippen LogP contribution in [0.15, 0.2) is 110 Å². The molecular formula is C40H26F6N8O4S2. The fourth-order valence-electron chi connectivity index (χ4n) is 5.41. The van der Waals surface area contributed by atoms with Crippen LogP contribution in [0.5, 0.6) is 23.3 Å². The summed E-state index contributed by atoms with van der Waals surface area (Å²) in [5, 5.41) is 6.17. The van der Waals surface area contributed by atoms with Crippen molar-refractivity contribution < 1.29 is 45.4 Å². The van der Waals surface area contributed by atoms with Crippen molar-refractivity contribution >= 4 is 65.2 Å². The van der Waals surface area contributed by atoms with Crippen LogP contribution in [0.1, 0.15) is 25.0 Å². The number of benzene rings is 4. The highest BCUT2D eigenvalue weighted by Crippen LogP contribution is 2.37. The minimum atomic E-state index is -4.40. The van der Waals surface area contributed by atoms with Gasteiger partial charge >= 0.3 is 12.4 Å². The number of anilines is 2. The van der Waals surface area contributed by atoms with Crippen molar-refractivity contribution in [1.29, 1.82) is 0 Å². The summed E-state index contributed by atoms with van der Waals surface area (Å²) >= 11 is 2.61. The van der Waals surface area contributed by atoms with Crippen LogP contribution in [-0.2, 0) is 21.9 Å². The smallest absolute Gasteiger partial charge is 0.416 e. The van der Waals surface area contributed by atoms with Crippen molar-refractivity contribution in [3.8, 4) is 45.8 Å². The molecule has 0 bridgehead atoms. The third-order valence-electron chi connectivity index (χ3n) is 8.06. The van der Waals surface area contributed by atoms with Crippen molar-refractivity contribution in [1.82, 2.24) is 29.9 Å². The molecule has 0 aliphatic heterocycles. The number of nitrogens with zero attached hydrogens (tertiary/aromatic N) is 6. The third kappa shape index (κ3) is 9.96. The first-order valence-corrected chi connectivity index (χ1v) is 18.9. The van der Waals surface area contributed by atoms with E-state index in [4.69, 9.17) is 9.47 Å². The molecule has 2 N–H and O–H groups in total. The van der Waals surface area contributed by atoms with Crippen molar-refractivity contribution in [2.24, 2.45) is 0 Å². The average molecular weight is 861 g/mol. The highest BCUT2D eigenvalue weighted by Gasteiger charge is 2.31. The normalized spacial score (nSPS) is 11.5. The van der Waals surface area contributed by atoms with Crippen LogP contribution >= 0.6 is 22.7 Å². The van der Waals surface area contributed by atoms with Gasteiger partial charge in [-0.15, -0.1) is 0 Å². The number of ether oxygens (including phenoxy) is 2. The Hall–Kier alpha value is -7.06. The summed E-state index contributed by atoms with van der Waals surface area (Å²) < 4.78 is 89.9. The summed E-state index contributed by atoms with van der Waals surface area (Å²) in [6.07, 6.45) is -6.26. The molecule has 8 aromatic rings. The predicted molar refractivity (Wildman–Crippen MR) is 213 cm³/mol. The zero-order valence-electron chi connectivity index (χ0n) is 30.8. The van der Waals surface area contributed by atoms with E-state index in [9.17, 15) is 35.9 Å². The molecule has 0 saturated heterocycles. The van der Waals surface area contributed by atoms with Crippen LogP contribution in [0, 0.1) is 0 Å². The van der Waals surface area contributed by atoms with Crippen LogP contribution < -0.4 is 20.1 Å². The topological polar surface area (TPSA) is 154 Å². The number of amides is 2. The van der Waals surface area contributed by atoms with E-state index in [0.717, 1.165) is 33.7 Å². The highest BCUT2D eigenvalue weighted by atomic mass is 32.1. The van der Waals surface area contributed by atoms with Gasteiger partial charge in [0.1, 0.15) is 23.7 Å². The van der Waals surface area contributed by atoms with Gasteiger partial charge in [0.25, 0.3) is 0 Å². The molecule has 0 radical (unpaired) electrons. The maximum atomic E-state index is 12.8. The molecule has 4 heterocycles. The molecule has 2 amide bonds. The average Bonchev–Trinajstić information content (AvgIpc) is 3.81. The zero-order valence-corrected chi connectivity index (χ0v) is 32.4. The minimum absolute atomic E-state index is 0.210. The standard InChI is InChI=1S/2C20H13F3N4O2S/c2*1-11(28)26-19-27-18-15(3-2-4-16(18)30-19)29-17-9-14(24-10-25-17)12-5-7-13(8-6-12)20(21,22)23/h2*2-10H,1H3,(H,26,27,28). The SMILES string of the molecule is CC(=O)Nc1nc2c(Oc3cc(-c4ccc(C(F)(F)F)cc4)ncn3)cccc2s1.CC(=O)Nc1nc2c(Oc3cc(-c4ccc(C(F)(F)F)cc4)ncn3)cccc2s1. The van der Waals surface area contributed by atoms with Crippen molar-refractivity contribution in [3.63, 3.8) is 0 Å². The molecule has 0 fully saturated rings. The van der Waals surface area contributed by atoms with Crippen molar-refractivity contribution in [2.45, 2.75) is 26.2 Å². The maximum absolute atomic E-state index is 12.8. The number of carbonyl (C=O) groups excluding carboxylic acids is 2. The molecule has 0 spiro atoms. The lowest BCUT2D eigenvalue weighted by molar-refractivity contribution is -0.138. The fraction of sp³-hybridized carbons (Fsp3) is 0.100. The van der Waals surface area contributed by atoms with Crippen LogP contribution in [0.4, 0.5) is 36.6 Å². The number of halogens is 6. The highest BCUT2D eigenvalue weighted by molar-refractivity contribution is 7.22. The second-order valence-electron chi connectivity index (χ2n) is 12.4. The number of hydrogen-bond acceptors (Lipinski definition) is 12. The second kappa shape index (κ2) is 17.0. The number of carbonyl (C=O) groups is 2. The Bertz CT molecular complexity index is 2640. The van der Waals surface area contributed by atoms with Gasteiger partial charge < -0.3 is 20.1 Å². The molecule has 0 unspecified atom stereocenters. The van der Waals surface area contributed by atoms with Gasteiger partial charge in [0.2, 0.25) is 23.6 Å². The van der Waals surface area contributed by atoms with E-state index in [1.54, 1.807) is 24.3 Å². The van der Waals surface area contributed by atoms with Crippen molar-refractivity contribution in [2.75, 3.05) is 10.6 Å². The molecule has 0 atom stereocenters. The van der Waals surface area contributed by atoms with Crippen molar-refractivity contribution in [3.05, 3.63) is 121 Å². The van der Waals surface area contributed by atoms with Crippen LogP contribution in [0.3, 0.4) is 0 Å². The van der Waals surface area contributed by atoms with Gasteiger partial charge in [-0.1, -0.05) is 59.1 Å². The molecular weight excluding hydrogens is 835 g/mol. The van der Waals surface area contributed by atoms with Gasteiger partial charge in [-0.05, 0) is 48.5 Å². The fourth-order valence-corrected chi connectivity index (χ4v) is 7.27. The number of aromatic nitrogens is 6. The van der Waals surface area contributed by atoms with Crippen LogP contribution in [0.25, 0.3) is 42.9 Å². The van der Waals surface area contributed by atoms with E-state index in [1.807, 2.05) is 12.1 Å². The molecule has 0 saturated carbocycles. The summed E-state index contributed by atoms with van der Waals surface area (Å²) in [7, 11) is 0. The lowest BCUT2D eigenvalue weighted by Gasteiger charge is -2.09. The molecule has 20 heteroatoms. The molecule has 12 nitrogen and oxygen atoms in total. The number of hydrogen-bond donors (Lipinski definition) is 2. The Morgan fingerprint density at radius 1 is 0.550 bits per heavy atom. The lowest BCUT2D eigenvalue weighted by atomic mass is 10.1. The van der Waals surface area contributed by atoms with Gasteiger partial charge in [-0.3, -0.25) is 9.59 Å². The summed E-state index contributed by atoms with van der Waals surface area (Å²) in [6.45, 7) is 2.79. The van der Waals surface area contributed by atoms with Gasteiger partial charge in [0.15, 0.2) is 21.8 Å². The van der Waals surface area contributed by atoms with E-state index in [-0.39, 0.29) is 23.6 Å². The summed E-state index contributed by atoms with van der Waals surface area (Å²) in [5.41, 5.74) is 1.46. The number of thiazole rings is 2. The molecule has 8 rings (SSSR count). The predicted octanol–water partition coefficient (Wildman–Crippen LogP) is 11.0. The van der Waals surface area contributed by atoms with E-state index >= 15 is 0 Å². The van der Waals surface area contributed by atoms with Gasteiger partial charge in [-0.25, -0.2) is 29.9 Å². The summed E-state index contributed by atoms with van der Waals surface area (Å²) in [5.74, 6) is 0.819. The first-order chi connectivity index (χ1) is 28.6. The van der Waals surface area contributed by atoms with Crippen LogP contribution in [0.2, 0.25) is 0 Å². The van der Waals surface area contributed by atoms with Gasteiger partial charge in [-0.2, -0.15) is 26.3 Å². The number of fused-ring (bicyclic) bond motifs is 2.